The molecular weight excluding hydrogens is 188 g/mol. The van der Waals surface area contributed by atoms with E-state index in [1.807, 2.05) is 24.8 Å². The summed E-state index contributed by atoms with van der Waals surface area (Å²) in [5.41, 5.74) is 6.55. The summed E-state index contributed by atoms with van der Waals surface area (Å²) in [6.07, 6.45) is 6.27. The maximum absolute atomic E-state index is 12.1. The van der Waals surface area contributed by atoms with Crippen molar-refractivity contribution >= 4 is 5.91 Å². The smallest absolute Gasteiger partial charge is 0.249 e. The van der Waals surface area contributed by atoms with Crippen LogP contribution in [-0.4, -0.2) is 29.9 Å². The van der Waals surface area contributed by atoms with Crippen molar-refractivity contribution in [2.45, 2.75) is 45.6 Å². The Labute approximate surface area is 92.3 Å². The van der Waals surface area contributed by atoms with Gasteiger partial charge in [0.2, 0.25) is 5.91 Å². The molecule has 0 radical (unpaired) electrons. The molecule has 0 bridgehead atoms. The van der Waals surface area contributed by atoms with Crippen LogP contribution in [-0.2, 0) is 4.79 Å². The number of allylic oxidation sites excluding steroid dienone is 1. The van der Waals surface area contributed by atoms with Gasteiger partial charge in [0.15, 0.2) is 0 Å². The minimum atomic E-state index is 0.173. The summed E-state index contributed by atoms with van der Waals surface area (Å²) in [4.78, 5) is 14.0. The van der Waals surface area contributed by atoms with Crippen molar-refractivity contribution in [2.75, 3.05) is 13.1 Å². The molecule has 0 aliphatic carbocycles. The van der Waals surface area contributed by atoms with Gasteiger partial charge in [0.05, 0.1) is 0 Å². The van der Waals surface area contributed by atoms with Crippen LogP contribution < -0.4 is 5.73 Å². The fourth-order valence-corrected chi connectivity index (χ4v) is 2.13. The van der Waals surface area contributed by atoms with Gasteiger partial charge in [-0.3, -0.25) is 4.79 Å². The molecule has 0 aromatic heterocycles. The first-order valence-corrected chi connectivity index (χ1v) is 5.88. The molecule has 3 heteroatoms. The third kappa shape index (κ3) is 3.06. The molecule has 86 valence electrons. The van der Waals surface area contributed by atoms with Gasteiger partial charge in [-0.15, -0.1) is 0 Å². The second kappa shape index (κ2) is 5.91. The maximum Gasteiger partial charge on any atom is 0.249 e. The number of carbonyl (C=O) groups is 1. The first-order valence-electron chi connectivity index (χ1n) is 5.88. The van der Waals surface area contributed by atoms with Crippen LogP contribution in [0.1, 0.15) is 39.5 Å². The number of amides is 1. The van der Waals surface area contributed by atoms with Crippen LogP contribution in [0.4, 0.5) is 0 Å². The fourth-order valence-electron chi connectivity index (χ4n) is 2.13. The van der Waals surface area contributed by atoms with Crippen molar-refractivity contribution in [3.05, 3.63) is 11.6 Å². The molecular formula is C12H22N2O. The summed E-state index contributed by atoms with van der Waals surface area (Å²) in [5, 5.41) is 0. The maximum atomic E-state index is 12.1. The molecule has 1 fully saturated rings. The molecule has 1 aliphatic heterocycles. The average Bonchev–Trinajstić information content (AvgIpc) is 2.28. The molecule has 1 aliphatic rings. The molecule has 0 spiro atoms. The molecule has 0 saturated carbocycles. The zero-order valence-electron chi connectivity index (χ0n) is 9.83. The Morgan fingerprint density at radius 1 is 1.53 bits per heavy atom. The molecule has 0 aromatic rings. The lowest BCUT2D eigenvalue weighted by Crippen LogP contribution is -2.47. The molecule has 1 heterocycles. The second-order valence-corrected chi connectivity index (χ2v) is 4.18. The van der Waals surface area contributed by atoms with E-state index in [0.29, 0.717) is 6.54 Å². The summed E-state index contributed by atoms with van der Waals surface area (Å²) in [5.74, 6) is 0.173. The quantitative estimate of drug-likeness (QED) is 0.720. The van der Waals surface area contributed by atoms with Gasteiger partial charge in [-0.25, -0.2) is 0 Å². The van der Waals surface area contributed by atoms with Crippen LogP contribution in [0.25, 0.3) is 0 Å². The predicted molar refractivity (Wildman–Crippen MR) is 62.5 cm³/mol. The zero-order chi connectivity index (χ0) is 11.3. The van der Waals surface area contributed by atoms with E-state index >= 15 is 0 Å². The van der Waals surface area contributed by atoms with Crippen LogP contribution in [0, 0.1) is 0 Å². The second-order valence-electron chi connectivity index (χ2n) is 4.18. The molecule has 1 amide bonds. The molecule has 0 aromatic carbocycles. The molecule has 1 saturated heterocycles. The monoisotopic (exact) mass is 210 g/mol. The van der Waals surface area contributed by atoms with E-state index in [0.717, 1.165) is 31.4 Å². The number of nitrogens with two attached hydrogens (primary N) is 1. The van der Waals surface area contributed by atoms with Gasteiger partial charge >= 0.3 is 0 Å². The number of piperidine rings is 1. The number of hydrogen-bond donors (Lipinski definition) is 1. The van der Waals surface area contributed by atoms with Crippen molar-refractivity contribution in [3.63, 3.8) is 0 Å². The highest BCUT2D eigenvalue weighted by molar-refractivity contribution is 5.93. The first-order chi connectivity index (χ1) is 7.20. The summed E-state index contributed by atoms with van der Waals surface area (Å²) >= 11 is 0. The van der Waals surface area contributed by atoms with Crippen molar-refractivity contribution < 1.29 is 4.79 Å². The molecule has 3 nitrogen and oxygen atoms in total. The number of likely N-dealkylation sites (tertiary alicyclic amines) is 1. The van der Waals surface area contributed by atoms with Gasteiger partial charge < -0.3 is 10.6 Å². The number of nitrogens with zero attached hydrogens (tertiary/aromatic N) is 1. The van der Waals surface area contributed by atoms with Gasteiger partial charge in [0, 0.05) is 24.7 Å². The van der Waals surface area contributed by atoms with Crippen LogP contribution in [0.3, 0.4) is 0 Å². The van der Waals surface area contributed by atoms with E-state index in [-0.39, 0.29) is 11.9 Å². The molecule has 1 unspecified atom stereocenters. The van der Waals surface area contributed by atoms with Crippen molar-refractivity contribution in [3.8, 4) is 0 Å². The van der Waals surface area contributed by atoms with E-state index in [2.05, 4.69) is 0 Å². The minimum Gasteiger partial charge on any atom is -0.335 e. The Morgan fingerprint density at radius 2 is 2.27 bits per heavy atom. The first kappa shape index (κ1) is 12.2. The summed E-state index contributed by atoms with van der Waals surface area (Å²) in [6, 6.07) is 0.256. The average molecular weight is 210 g/mol. The zero-order valence-corrected chi connectivity index (χ0v) is 9.83. The standard InChI is InChI=1S/C12H22N2O/c1-3-6-10(2)12(15)14-8-5-4-7-11(14)9-13/h6,11H,3-5,7-9,13H2,1-2H3/b10-6+. The highest BCUT2D eigenvalue weighted by Gasteiger charge is 2.25. The summed E-state index contributed by atoms with van der Waals surface area (Å²) in [6.45, 7) is 5.40. The van der Waals surface area contributed by atoms with Crippen LogP contribution in [0.15, 0.2) is 11.6 Å². The predicted octanol–water partition coefficient (Wildman–Crippen LogP) is 1.68. The van der Waals surface area contributed by atoms with E-state index in [4.69, 9.17) is 5.73 Å². The number of hydrogen-bond acceptors (Lipinski definition) is 2. The van der Waals surface area contributed by atoms with E-state index < -0.39 is 0 Å². The van der Waals surface area contributed by atoms with E-state index in [9.17, 15) is 4.79 Å². The number of carbonyl (C=O) groups excluding carboxylic acids is 1. The molecule has 15 heavy (non-hydrogen) atoms. The van der Waals surface area contributed by atoms with E-state index in [1.165, 1.54) is 6.42 Å². The van der Waals surface area contributed by atoms with Gasteiger partial charge in [-0.05, 0) is 32.6 Å². The SMILES string of the molecule is CC/C=C(\C)C(=O)N1CCCCC1CN. The lowest BCUT2D eigenvalue weighted by atomic mass is 10.0. The summed E-state index contributed by atoms with van der Waals surface area (Å²) < 4.78 is 0. The van der Waals surface area contributed by atoms with Crippen LogP contribution in [0.2, 0.25) is 0 Å². The minimum absolute atomic E-state index is 0.173. The lowest BCUT2D eigenvalue weighted by molar-refractivity contribution is -0.130. The Balaban J connectivity index is 2.67. The molecule has 2 N–H and O–H groups in total. The topological polar surface area (TPSA) is 46.3 Å². The largest absolute Gasteiger partial charge is 0.335 e. The molecule has 1 rings (SSSR count). The Hall–Kier alpha value is -0.830. The van der Waals surface area contributed by atoms with Gasteiger partial charge in [-0.2, -0.15) is 0 Å². The van der Waals surface area contributed by atoms with Crippen LogP contribution in [0.5, 0.6) is 0 Å². The highest BCUT2D eigenvalue weighted by atomic mass is 16.2. The highest BCUT2D eigenvalue weighted by Crippen LogP contribution is 2.18. The van der Waals surface area contributed by atoms with Gasteiger partial charge in [0.25, 0.3) is 0 Å². The Kier molecular flexibility index (Phi) is 4.82. The van der Waals surface area contributed by atoms with Gasteiger partial charge in [0.1, 0.15) is 0 Å². The Morgan fingerprint density at radius 3 is 2.87 bits per heavy atom. The van der Waals surface area contributed by atoms with Crippen molar-refractivity contribution in [1.29, 1.82) is 0 Å². The Bertz CT molecular complexity index is 248. The third-order valence-electron chi connectivity index (χ3n) is 3.01. The normalized spacial score (nSPS) is 23.0. The lowest BCUT2D eigenvalue weighted by Gasteiger charge is -2.35. The van der Waals surface area contributed by atoms with Crippen molar-refractivity contribution in [2.24, 2.45) is 5.73 Å². The third-order valence-corrected chi connectivity index (χ3v) is 3.01. The van der Waals surface area contributed by atoms with Gasteiger partial charge in [-0.1, -0.05) is 13.0 Å². The number of rotatable bonds is 3. The fraction of sp³-hybridized carbons (Fsp3) is 0.750. The van der Waals surface area contributed by atoms with Crippen molar-refractivity contribution in [1.82, 2.24) is 4.90 Å². The van der Waals surface area contributed by atoms with Crippen LogP contribution >= 0.6 is 0 Å². The van der Waals surface area contributed by atoms with E-state index in [1.54, 1.807) is 0 Å². The summed E-state index contributed by atoms with van der Waals surface area (Å²) in [7, 11) is 0. The molecule has 1 atom stereocenters.